The molecule has 0 saturated heterocycles. The topological polar surface area (TPSA) is 78.4 Å². The van der Waals surface area contributed by atoms with Gasteiger partial charge >= 0.3 is 5.97 Å². The number of carbonyl (C=O) groups excluding carboxylic acids is 1. The summed E-state index contributed by atoms with van der Waals surface area (Å²) >= 11 is 27.4. The van der Waals surface area contributed by atoms with Gasteiger partial charge in [-0.05, 0) is 40.3 Å². The van der Waals surface area contributed by atoms with Gasteiger partial charge in [-0.25, -0.2) is 4.79 Å². The first-order valence-electron chi connectivity index (χ1n) is 4.94. The van der Waals surface area contributed by atoms with Crippen molar-refractivity contribution in [1.29, 1.82) is 0 Å². The van der Waals surface area contributed by atoms with Crippen molar-refractivity contribution in [3.05, 3.63) is 26.6 Å². The Labute approximate surface area is 156 Å². The first-order valence-corrected chi connectivity index (χ1v) is 8.06. The number of hydrogen-bond acceptors (Lipinski definition) is 3. The molecule has 0 aliphatic heterocycles. The van der Waals surface area contributed by atoms with Crippen LogP contribution in [0.25, 0.3) is 0 Å². The highest BCUT2D eigenvalue weighted by molar-refractivity contribution is 9.11. The number of carboxylic acids is 1. The number of alkyl halides is 3. The molecule has 1 amide bonds. The van der Waals surface area contributed by atoms with Gasteiger partial charge in [-0.15, -0.1) is 0 Å². The van der Waals surface area contributed by atoms with Crippen LogP contribution in [0.5, 0.6) is 0 Å². The molecule has 0 radical (unpaired) electrons. The van der Waals surface area contributed by atoms with Crippen LogP contribution < -0.4 is 10.6 Å². The van der Waals surface area contributed by atoms with Crippen LogP contribution >= 0.6 is 78.9 Å². The first kappa shape index (κ1) is 18.9. The van der Waals surface area contributed by atoms with E-state index >= 15 is 0 Å². The molecule has 0 heterocycles. The van der Waals surface area contributed by atoms with Crippen LogP contribution in [-0.2, 0) is 4.79 Å². The molecule has 0 spiro atoms. The third-order valence-corrected chi connectivity index (χ3v) is 3.81. The van der Waals surface area contributed by atoms with Crippen molar-refractivity contribution in [2.75, 3.05) is 5.32 Å². The Morgan fingerprint density at radius 2 is 1.81 bits per heavy atom. The smallest absolute Gasteiger partial charge is 0.337 e. The summed E-state index contributed by atoms with van der Waals surface area (Å²) < 4.78 is -1.22. The number of hydrogen-bond donors (Lipinski definition) is 3. The monoisotopic (exact) mass is 496 g/mol. The van der Waals surface area contributed by atoms with Gasteiger partial charge in [0.15, 0.2) is 5.11 Å². The lowest BCUT2D eigenvalue weighted by molar-refractivity contribution is -0.118. The standard InChI is InChI=1S/C10H5Br2Cl3N2O3S/c11-3-1-4(7(18)19)6(5(12)2-3)16-9(21)17-8(20)10(13,14)15/h1-2H,(H,18,19)(H2,16,17,20,21). The number of amides is 1. The number of aromatic carboxylic acids is 1. The summed E-state index contributed by atoms with van der Waals surface area (Å²) in [6.07, 6.45) is 0. The maximum Gasteiger partial charge on any atom is 0.337 e. The molecule has 0 aliphatic rings. The molecular weight excluding hydrogens is 494 g/mol. The lowest BCUT2D eigenvalue weighted by atomic mass is 10.2. The zero-order valence-electron chi connectivity index (χ0n) is 9.72. The Morgan fingerprint density at radius 3 is 2.29 bits per heavy atom. The van der Waals surface area contributed by atoms with Gasteiger partial charge in [-0.2, -0.15) is 0 Å². The number of carboxylic acid groups (broad SMARTS) is 1. The molecule has 0 atom stereocenters. The van der Waals surface area contributed by atoms with E-state index in [1.165, 1.54) is 6.07 Å². The number of benzene rings is 1. The minimum Gasteiger partial charge on any atom is -0.478 e. The number of carbonyl (C=O) groups is 2. The molecule has 0 fully saturated rings. The lowest BCUT2D eigenvalue weighted by Gasteiger charge is -2.16. The molecule has 0 bridgehead atoms. The van der Waals surface area contributed by atoms with Crippen molar-refractivity contribution in [2.24, 2.45) is 0 Å². The highest BCUT2D eigenvalue weighted by atomic mass is 79.9. The normalized spacial score (nSPS) is 10.9. The Bertz CT molecular complexity index is 622. The molecule has 1 aromatic rings. The maximum absolute atomic E-state index is 11.5. The molecule has 1 aromatic carbocycles. The maximum atomic E-state index is 11.5. The average Bonchev–Trinajstić information content (AvgIpc) is 2.30. The van der Waals surface area contributed by atoms with Crippen LogP contribution in [0, 0.1) is 0 Å². The van der Waals surface area contributed by atoms with E-state index < -0.39 is 15.7 Å². The predicted molar refractivity (Wildman–Crippen MR) is 93.5 cm³/mol. The molecule has 21 heavy (non-hydrogen) atoms. The van der Waals surface area contributed by atoms with Crippen molar-refractivity contribution in [3.8, 4) is 0 Å². The summed E-state index contributed by atoms with van der Waals surface area (Å²) in [6.45, 7) is 0. The van der Waals surface area contributed by atoms with Crippen LogP contribution in [0.2, 0.25) is 0 Å². The Morgan fingerprint density at radius 1 is 1.24 bits per heavy atom. The van der Waals surface area contributed by atoms with Crippen LogP contribution in [0.3, 0.4) is 0 Å². The fourth-order valence-electron chi connectivity index (χ4n) is 1.19. The minimum atomic E-state index is -2.18. The number of halogens is 5. The zero-order valence-corrected chi connectivity index (χ0v) is 16.0. The van der Waals surface area contributed by atoms with Gasteiger partial charge in [0.05, 0.1) is 11.3 Å². The number of nitrogens with one attached hydrogen (secondary N) is 2. The summed E-state index contributed by atoms with van der Waals surface area (Å²) in [4.78, 5) is 22.7. The minimum absolute atomic E-state index is 0.0678. The molecule has 1 rings (SSSR count). The number of anilines is 1. The van der Waals surface area contributed by atoms with Crippen molar-refractivity contribution in [1.82, 2.24) is 5.32 Å². The molecule has 11 heteroatoms. The fraction of sp³-hybridized carbons (Fsp3) is 0.100. The summed E-state index contributed by atoms with van der Waals surface area (Å²) in [7, 11) is 0. The second-order valence-corrected chi connectivity index (χ2v) is 7.98. The van der Waals surface area contributed by atoms with Crippen molar-refractivity contribution < 1.29 is 14.7 Å². The molecular formula is C10H5Br2Cl3N2O3S. The van der Waals surface area contributed by atoms with Gasteiger partial charge in [0.25, 0.3) is 9.70 Å². The van der Waals surface area contributed by atoms with Crippen molar-refractivity contribution in [3.63, 3.8) is 0 Å². The average molecular weight is 499 g/mol. The van der Waals surface area contributed by atoms with Crippen LogP contribution in [0.15, 0.2) is 21.1 Å². The molecule has 3 N–H and O–H groups in total. The van der Waals surface area contributed by atoms with Gasteiger partial charge < -0.3 is 10.4 Å². The van der Waals surface area contributed by atoms with E-state index in [2.05, 4.69) is 42.5 Å². The highest BCUT2D eigenvalue weighted by Crippen LogP contribution is 2.31. The van der Waals surface area contributed by atoms with E-state index in [1.807, 2.05) is 0 Å². The van der Waals surface area contributed by atoms with Gasteiger partial charge in [0.2, 0.25) is 0 Å². The van der Waals surface area contributed by atoms with E-state index in [9.17, 15) is 9.59 Å². The van der Waals surface area contributed by atoms with E-state index in [4.69, 9.17) is 52.1 Å². The molecule has 0 saturated carbocycles. The van der Waals surface area contributed by atoms with Gasteiger partial charge in [0, 0.05) is 8.95 Å². The summed E-state index contributed by atoms with van der Waals surface area (Å²) in [5, 5.41) is 13.7. The van der Waals surface area contributed by atoms with E-state index in [0.717, 1.165) is 0 Å². The number of thiocarbonyl (C=S) groups is 1. The molecule has 0 aliphatic carbocycles. The van der Waals surface area contributed by atoms with Crippen LogP contribution in [0.1, 0.15) is 10.4 Å². The van der Waals surface area contributed by atoms with Crippen LogP contribution in [0.4, 0.5) is 5.69 Å². The van der Waals surface area contributed by atoms with Crippen molar-refractivity contribution >= 4 is 102 Å². The zero-order chi connectivity index (χ0) is 16.4. The molecule has 0 aromatic heterocycles. The summed E-state index contributed by atoms with van der Waals surface area (Å²) in [6, 6.07) is 2.98. The van der Waals surface area contributed by atoms with Gasteiger partial charge in [0.1, 0.15) is 0 Å². The SMILES string of the molecule is O=C(O)c1cc(Br)cc(Br)c1NC(=S)NC(=O)C(Cl)(Cl)Cl. The Kier molecular flexibility index (Phi) is 6.70. The van der Waals surface area contributed by atoms with Crippen molar-refractivity contribution in [2.45, 2.75) is 3.79 Å². The molecule has 5 nitrogen and oxygen atoms in total. The van der Waals surface area contributed by atoms with E-state index in [0.29, 0.717) is 8.95 Å². The molecule has 114 valence electrons. The third kappa shape index (κ3) is 5.54. The summed E-state index contributed by atoms with van der Waals surface area (Å²) in [5.74, 6) is -2.15. The van der Waals surface area contributed by atoms with E-state index in [-0.39, 0.29) is 16.4 Å². The first-order chi connectivity index (χ1) is 9.52. The lowest BCUT2D eigenvalue weighted by Crippen LogP contribution is -2.41. The molecule has 0 unspecified atom stereocenters. The second-order valence-electron chi connectivity index (χ2n) is 3.52. The van der Waals surface area contributed by atoms with Gasteiger partial charge in [-0.3, -0.25) is 10.1 Å². The van der Waals surface area contributed by atoms with Gasteiger partial charge in [-0.1, -0.05) is 50.7 Å². The number of rotatable bonds is 2. The Hall–Kier alpha value is -0.120. The predicted octanol–water partition coefficient (Wildman–Crippen LogP) is 4.09. The Balaban J connectivity index is 3.01. The highest BCUT2D eigenvalue weighted by Gasteiger charge is 2.31. The fourth-order valence-corrected chi connectivity index (χ4v) is 2.85. The third-order valence-electron chi connectivity index (χ3n) is 2.01. The largest absolute Gasteiger partial charge is 0.478 e. The van der Waals surface area contributed by atoms with Crippen LogP contribution in [-0.4, -0.2) is 25.9 Å². The quantitative estimate of drug-likeness (QED) is 0.422. The summed E-state index contributed by atoms with van der Waals surface area (Å²) in [5.41, 5.74) is 0.0852. The van der Waals surface area contributed by atoms with E-state index in [1.54, 1.807) is 6.07 Å². The second kappa shape index (κ2) is 7.43.